The average molecular weight is 230 g/mol. The van der Waals surface area contributed by atoms with Crippen LogP contribution >= 0.6 is 22.9 Å². The number of rotatable bonds is 6. The van der Waals surface area contributed by atoms with Crippen LogP contribution in [-0.2, 0) is 6.54 Å². The Kier molecular flexibility index (Phi) is 3.85. The minimum Gasteiger partial charge on any atom is -0.312 e. The number of hydrogen-bond acceptors (Lipinski definition) is 2. The third-order valence-corrected chi connectivity index (χ3v) is 3.87. The van der Waals surface area contributed by atoms with Gasteiger partial charge in [0.1, 0.15) is 0 Å². The number of halogens is 1. The Balaban J connectivity index is 1.53. The molecule has 1 heterocycles. The van der Waals surface area contributed by atoms with Gasteiger partial charge in [-0.05, 0) is 31.4 Å². The minimum atomic E-state index is 0.866. The van der Waals surface area contributed by atoms with Crippen molar-refractivity contribution >= 4 is 22.9 Å². The molecule has 14 heavy (non-hydrogen) atoms. The number of thiophene rings is 1. The molecule has 1 aromatic heterocycles. The summed E-state index contributed by atoms with van der Waals surface area (Å²) in [6.45, 7) is 2.12. The average Bonchev–Trinajstić information content (AvgIpc) is 2.89. The van der Waals surface area contributed by atoms with E-state index < -0.39 is 0 Å². The molecular formula is C11H16ClNS. The largest absolute Gasteiger partial charge is 0.312 e. The van der Waals surface area contributed by atoms with E-state index in [0.717, 1.165) is 24.0 Å². The summed E-state index contributed by atoms with van der Waals surface area (Å²) in [7, 11) is 0. The van der Waals surface area contributed by atoms with Crippen molar-refractivity contribution in [3.8, 4) is 0 Å². The SMILES string of the molecule is Clc1csc(CNCCCC2CC2)c1. The highest BCUT2D eigenvalue weighted by Crippen LogP contribution is 2.33. The molecule has 1 nitrogen and oxygen atoms in total. The van der Waals surface area contributed by atoms with Gasteiger partial charge in [-0.2, -0.15) is 0 Å². The van der Waals surface area contributed by atoms with Crippen LogP contribution < -0.4 is 5.32 Å². The summed E-state index contributed by atoms with van der Waals surface area (Å²) in [5.41, 5.74) is 0. The molecule has 0 bridgehead atoms. The fraction of sp³-hybridized carbons (Fsp3) is 0.636. The predicted molar refractivity (Wildman–Crippen MR) is 63.0 cm³/mol. The smallest absolute Gasteiger partial charge is 0.0516 e. The van der Waals surface area contributed by atoms with Crippen LogP contribution in [0.25, 0.3) is 0 Å². The summed E-state index contributed by atoms with van der Waals surface area (Å²) in [4.78, 5) is 1.33. The van der Waals surface area contributed by atoms with Gasteiger partial charge in [-0.3, -0.25) is 0 Å². The van der Waals surface area contributed by atoms with E-state index in [-0.39, 0.29) is 0 Å². The van der Waals surface area contributed by atoms with Crippen LogP contribution in [0.3, 0.4) is 0 Å². The lowest BCUT2D eigenvalue weighted by Gasteiger charge is -2.01. The van der Waals surface area contributed by atoms with Crippen molar-refractivity contribution in [1.82, 2.24) is 5.32 Å². The lowest BCUT2D eigenvalue weighted by atomic mass is 10.2. The van der Waals surface area contributed by atoms with Crippen molar-refractivity contribution < 1.29 is 0 Å². The van der Waals surface area contributed by atoms with Crippen LogP contribution in [0.5, 0.6) is 0 Å². The quantitative estimate of drug-likeness (QED) is 0.734. The van der Waals surface area contributed by atoms with Crippen LogP contribution in [0.4, 0.5) is 0 Å². The second-order valence-corrected chi connectivity index (χ2v) is 5.43. The highest BCUT2D eigenvalue weighted by atomic mass is 35.5. The van der Waals surface area contributed by atoms with Crippen molar-refractivity contribution in [3.63, 3.8) is 0 Å². The lowest BCUT2D eigenvalue weighted by Crippen LogP contribution is -2.13. The van der Waals surface area contributed by atoms with Gasteiger partial charge in [0.05, 0.1) is 5.02 Å². The summed E-state index contributed by atoms with van der Waals surface area (Å²) in [5, 5.41) is 6.30. The summed E-state index contributed by atoms with van der Waals surface area (Å²) >= 11 is 7.56. The molecule has 2 rings (SSSR count). The van der Waals surface area contributed by atoms with Gasteiger partial charge < -0.3 is 5.32 Å². The standard InChI is InChI=1S/C11H16ClNS/c12-10-6-11(14-8-10)7-13-5-1-2-9-3-4-9/h6,8-9,13H,1-5,7H2. The zero-order valence-corrected chi connectivity index (χ0v) is 9.83. The minimum absolute atomic E-state index is 0.866. The summed E-state index contributed by atoms with van der Waals surface area (Å²) < 4.78 is 0. The second kappa shape index (κ2) is 5.15. The van der Waals surface area contributed by atoms with Crippen LogP contribution in [-0.4, -0.2) is 6.54 Å². The Labute approximate surface area is 94.5 Å². The Morgan fingerprint density at radius 2 is 2.36 bits per heavy atom. The molecule has 0 spiro atoms. The third-order valence-electron chi connectivity index (χ3n) is 2.58. The normalized spacial score (nSPS) is 16.1. The van der Waals surface area contributed by atoms with E-state index in [4.69, 9.17) is 11.6 Å². The predicted octanol–water partition coefficient (Wildman–Crippen LogP) is 3.68. The van der Waals surface area contributed by atoms with Gasteiger partial charge in [-0.15, -0.1) is 11.3 Å². The van der Waals surface area contributed by atoms with E-state index >= 15 is 0 Å². The molecule has 0 unspecified atom stereocenters. The number of hydrogen-bond donors (Lipinski definition) is 1. The first-order valence-corrected chi connectivity index (χ1v) is 6.54. The molecule has 1 N–H and O–H groups in total. The third kappa shape index (κ3) is 3.60. The molecule has 1 saturated carbocycles. The van der Waals surface area contributed by atoms with E-state index in [1.54, 1.807) is 11.3 Å². The molecule has 0 radical (unpaired) electrons. The topological polar surface area (TPSA) is 12.0 Å². The van der Waals surface area contributed by atoms with Gasteiger partial charge in [0.2, 0.25) is 0 Å². The van der Waals surface area contributed by atoms with Gasteiger partial charge in [0, 0.05) is 16.8 Å². The maximum atomic E-state index is 5.83. The van der Waals surface area contributed by atoms with E-state index in [0.29, 0.717) is 0 Å². The Hall–Kier alpha value is -0.0500. The van der Waals surface area contributed by atoms with Crippen molar-refractivity contribution in [2.45, 2.75) is 32.2 Å². The van der Waals surface area contributed by atoms with E-state index in [1.807, 2.05) is 11.4 Å². The van der Waals surface area contributed by atoms with Gasteiger partial charge in [-0.25, -0.2) is 0 Å². The fourth-order valence-electron chi connectivity index (χ4n) is 1.58. The van der Waals surface area contributed by atoms with Gasteiger partial charge in [0.25, 0.3) is 0 Å². The van der Waals surface area contributed by atoms with Crippen LogP contribution in [0.15, 0.2) is 11.4 Å². The van der Waals surface area contributed by atoms with E-state index in [2.05, 4.69) is 5.32 Å². The van der Waals surface area contributed by atoms with Gasteiger partial charge >= 0.3 is 0 Å². The molecule has 0 amide bonds. The lowest BCUT2D eigenvalue weighted by molar-refractivity contribution is 0.596. The molecule has 1 aliphatic rings. The van der Waals surface area contributed by atoms with Gasteiger partial charge in [-0.1, -0.05) is 24.4 Å². The van der Waals surface area contributed by atoms with Crippen LogP contribution in [0, 0.1) is 5.92 Å². The molecule has 3 heteroatoms. The molecule has 0 saturated heterocycles. The Bertz CT molecular complexity index is 281. The molecule has 0 aromatic carbocycles. The molecule has 0 atom stereocenters. The molecular weight excluding hydrogens is 214 g/mol. The van der Waals surface area contributed by atoms with E-state index in [9.17, 15) is 0 Å². The molecule has 0 aliphatic heterocycles. The summed E-state index contributed by atoms with van der Waals surface area (Å²) in [5.74, 6) is 1.06. The fourth-order valence-corrected chi connectivity index (χ4v) is 2.62. The maximum Gasteiger partial charge on any atom is 0.0516 e. The molecule has 1 fully saturated rings. The monoisotopic (exact) mass is 229 g/mol. The van der Waals surface area contributed by atoms with Crippen molar-refractivity contribution in [1.29, 1.82) is 0 Å². The zero-order chi connectivity index (χ0) is 9.80. The van der Waals surface area contributed by atoms with Crippen molar-refractivity contribution in [3.05, 3.63) is 21.3 Å². The van der Waals surface area contributed by atoms with Gasteiger partial charge in [0.15, 0.2) is 0 Å². The van der Waals surface area contributed by atoms with Crippen molar-refractivity contribution in [2.75, 3.05) is 6.54 Å². The highest BCUT2D eigenvalue weighted by molar-refractivity contribution is 7.10. The van der Waals surface area contributed by atoms with Crippen LogP contribution in [0.2, 0.25) is 5.02 Å². The molecule has 1 aromatic rings. The van der Waals surface area contributed by atoms with Crippen molar-refractivity contribution in [2.24, 2.45) is 5.92 Å². The van der Waals surface area contributed by atoms with E-state index in [1.165, 1.54) is 30.6 Å². The Morgan fingerprint density at radius 3 is 3.00 bits per heavy atom. The molecule has 78 valence electrons. The first-order chi connectivity index (χ1) is 6.84. The molecule has 1 aliphatic carbocycles. The zero-order valence-electron chi connectivity index (χ0n) is 8.26. The maximum absolute atomic E-state index is 5.83. The Morgan fingerprint density at radius 1 is 1.50 bits per heavy atom. The second-order valence-electron chi connectivity index (χ2n) is 3.99. The van der Waals surface area contributed by atoms with Crippen LogP contribution in [0.1, 0.15) is 30.6 Å². The number of nitrogens with one attached hydrogen (secondary N) is 1. The highest BCUT2D eigenvalue weighted by Gasteiger charge is 2.19. The first-order valence-electron chi connectivity index (χ1n) is 5.28. The summed E-state index contributed by atoms with van der Waals surface area (Å²) in [6, 6.07) is 2.04. The summed E-state index contributed by atoms with van der Waals surface area (Å²) in [6.07, 6.45) is 5.68. The first kappa shape index (κ1) is 10.5.